The molecular weight excluding hydrogens is 327 g/mol. The molecule has 4 nitrogen and oxygen atoms in total. The molecule has 0 radical (unpaired) electrons. The molecule has 0 atom stereocenters. The van der Waals surface area contributed by atoms with Crippen LogP contribution in [0.25, 0.3) is 0 Å². The van der Waals surface area contributed by atoms with Gasteiger partial charge in [0.2, 0.25) is 0 Å². The number of ketones is 1. The van der Waals surface area contributed by atoms with Crippen LogP contribution in [0.4, 0.5) is 4.39 Å². The molecule has 2 aromatic rings. The Morgan fingerprint density at radius 1 is 1.30 bits per heavy atom. The fraction of sp³-hybridized carbons (Fsp3) is 0.214. The first-order valence-electron chi connectivity index (χ1n) is 6.06. The Hall–Kier alpha value is -1.82. The number of aromatic nitrogens is 2. The van der Waals surface area contributed by atoms with E-state index in [1.54, 1.807) is 0 Å². The molecule has 0 aliphatic heterocycles. The third kappa shape index (κ3) is 3.60. The van der Waals surface area contributed by atoms with Crippen molar-refractivity contribution in [2.45, 2.75) is 19.4 Å². The normalized spacial score (nSPS) is 10.5. The molecule has 1 heterocycles. The summed E-state index contributed by atoms with van der Waals surface area (Å²) in [6, 6.07) is 5.45. The van der Waals surface area contributed by atoms with Crippen LogP contribution in [0.15, 0.2) is 46.1 Å². The Morgan fingerprint density at radius 2 is 2.00 bits per heavy atom. The Bertz CT molecular complexity index is 668. The second kappa shape index (κ2) is 6.56. The number of rotatable bonds is 5. The predicted molar refractivity (Wildman–Crippen MR) is 76.2 cm³/mol. The molecule has 20 heavy (non-hydrogen) atoms. The van der Waals surface area contributed by atoms with Crippen LogP contribution in [0.1, 0.15) is 23.2 Å². The fourth-order valence-electron chi connectivity index (χ4n) is 1.77. The van der Waals surface area contributed by atoms with Gasteiger partial charge in [-0.15, -0.1) is 0 Å². The first-order valence-corrected chi connectivity index (χ1v) is 6.86. The number of Topliss-reactive ketones (excluding diaryl/α,β-unsaturated/α-hetero) is 1. The van der Waals surface area contributed by atoms with Crippen molar-refractivity contribution in [3.05, 3.63) is 63.0 Å². The Kier molecular flexibility index (Phi) is 4.79. The zero-order valence-electron chi connectivity index (χ0n) is 10.6. The van der Waals surface area contributed by atoms with E-state index in [2.05, 4.69) is 20.9 Å². The van der Waals surface area contributed by atoms with Crippen LogP contribution >= 0.6 is 15.9 Å². The van der Waals surface area contributed by atoms with Crippen molar-refractivity contribution < 1.29 is 9.18 Å². The van der Waals surface area contributed by atoms with Crippen molar-refractivity contribution in [2.75, 3.05) is 0 Å². The Balaban J connectivity index is 1.93. The number of carbonyl (C=O) groups excluding carboxylic acids is 1. The number of aryl methyl sites for hydroxylation is 1. The van der Waals surface area contributed by atoms with E-state index in [1.807, 2.05) is 0 Å². The molecule has 0 saturated carbocycles. The lowest BCUT2D eigenvalue weighted by atomic mass is 10.1. The number of hydrogen-bond acceptors (Lipinski definition) is 3. The summed E-state index contributed by atoms with van der Waals surface area (Å²) in [4.78, 5) is 27.5. The van der Waals surface area contributed by atoms with Crippen molar-refractivity contribution in [1.29, 1.82) is 0 Å². The molecule has 0 saturated heterocycles. The molecule has 0 unspecified atom stereocenters. The van der Waals surface area contributed by atoms with E-state index >= 15 is 0 Å². The van der Waals surface area contributed by atoms with Crippen molar-refractivity contribution >= 4 is 21.7 Å². The molecule has 0 amide bonds. The molecule has 0 bridgehead atoms. The second-order valence-corrected chi connectivity index (χ2v) is 5.13. The van der Waals surface area contributed by atoms with Gasteiger partial charge in [-0.05, 0) is 46.6 Å². The Morgan fingerprint density at radius 3 is 2.70 bits per heavy atom. The fourth-order valence-corrected chi connectivity index (χ4v) is 2.12. The minimum absolute atomic E-state index is 0.0685. The van der Waals surface area contributed by atoms with Crippen molar-refractivity contribution in [3.8, 4) is 0 Å². The van der Waals surface area contributed by atoms with Gasteiger partial charge in [-0.25, -0.2) is 9.37 Å². The van der Waals surface area contributed by atoms with Crippen LogP contribution in [-0.4, -0.2) is 15.3 Å². The highest BCUT2D eigenvalue weighted by Gasteiger charge is 2.07. The van der Waals surface area contributed by atoms with E-state index < -0.39 is 0 Å². The molecule has 1 aromatic carbocycles. The lowest BCUT2D eigenvalue weighted by molar-refractivity contribution is 0.0978. The number of halogens is 2. The third-order valence-corrected chi connectivity index (χ3v) is 3.37. The number of carbonyl (C=O) groups is 1. The molecule has 0 spiro atoms. The third-order valence-electron chi connectivity index (χ3n) is 2.83. The van der Waals surface area contributed by atoms with Gasteiger partial charge in [-0.3, -0.25) is 14.2 Å². The highest BCUT2D eigenvalue weighted by atomic mass is 79.9. The van der Waals surface area contributed by atoms with Gasteiger partial charge >= 0.3 is 0 Å². The lowest BCUT2D eigenvalue weighted by Gasteiger charge is -2.05. The van der Waals surface area contributed by atoms with Crippen LogP contribution in [0.3, 0.4) is 0 Å². The van der Waals surface area contributed by atoms with Gasteiger partial charge < -0.3 is 0 Å². The first kappa shape index (κ1) is 14.6. The highest BCUT2D eigenvalue weighted by Crippen LogP contribution is 2.08. The monoisotopic (exact) mass is 338 g/mol. The summed E-state index contributed by atoms with van der Waals surface area (Å²) in [5.74, 6) is -0.436. The maximum absolute atomic E-state index is 12.7. The summed E-state index contributed by atoms with van der Waals surface area (Å²) in [6.45, 7) is 0.415. The van der Waals surface area contributed by atoms with E-state index in [-0.39, 0.29) is 17.2 Å². The Labute approximate surface area is 123 Å². The summed E-state index contributed by atoms with van der Waals surface area (Å²) in [7, 11) is 0. The SMILES string of the molecule is O=C(CCCn1cncc(Br)c1=O)c1ccc(F)cc1. The van der Waals surface area contributed by atoms with Gasteiger partial charge in [-0.1, -0.05) is 0 Å². The summed E-state index contributed by atoms with van der Waals surface area (Å²) in [5, 5.41) is 0. The van der Waals surface area contributed by atoms with Crippen molar-refractivity contribution in [3.63, 3.8) is 0 Å². The molecule has 0 aliphatic carbocycles. The van der Waals surface area contributed by atoms with Crippen LogP contribution < -0.4 is 5.56 Å². The molecule has 2 rings (SSSR count). The van der Waals surface area contributed by atoms with Crippen LogP contribution in [-0.2, 0) is 6.54 Å². The van der Waals surface area contributed by atoms with Crippen molar-refractivity contribution in [2.24, 2.45) is 0 Å². The van der Waals surface area contributed by atoms with Crippen LogP contribution in [0.2, 0.25) is 0 Å². The average Bonchev–Trinajstić information content (AvgIpc) is 2.44. The number of nitrogens with zero attached hydrogens (tertiary/aromatic N) is 2. The van der Waals surface area contributed by atoms with Gasteiger partial charge in [0.25, 0.3) is 5.56 Å². The summed E-state index contributed by atoms with van der Waals surface area (Å²) in [6.07, 6.45) is 3.69. The van der Waals surface area contributed by atoms with Gasteiger partial charge in [-0.2, -0.15) is 0 Å². The smallest absolute Gasteiger partial charge is 0.267 e. The van der Waals surface area contributed by atoms with E-state index in [0.717, 1.165) is 0 Å². The average molecular weight is 339 g/mol. The molecule has 0 fully saturated rings. The maximum atomic E-state index is 12.7. The van der Waals surface area contributed by atoms with E-state index in [4.69, 9.17) is 0 Å². The minimum Gasteiger partial charge on any atom is -0.298 e. The topological polar surface area (TPSA) is 52.0 Å². The zero-order valence-corrected chi connectivity index (χ0v) is 12.1. The van der Waals surface area contributed by atoms with Gasteiger partial charge in [0.1, 0.15) is 10.3 Å². The van der Waals surface area contributed by atoms with Gasteiger partial charge in [0.05, 0.1) is 6.33 Å². The zero-order chi connectivity index (χ0) is 14.5. The first-order chi connectivity index (χ1) is 9.58. The largest absolute Gasteiger partial charge is 0.298 e. The summed E-state index contributed by atoms with van der Waals surface area (Å²) in [5.41, 5.74) is 0.306. The van der Waals surface area contributed by atoms with Crippen molar-refractivity contribution in [1.82, 2.24) is 9.55 Å². The highest BCUT2D eigenvalue weighted by molar-refractivity contribution is 9.10. The molecule has 1 aromatic heterocycles. The van der Waals surface area contributed by atoms with Gasteiger partial charge in [0, 0.05) is 24.7 Å². The standard InChI is InChI=1S/C14H12BrFN2O2/c15-12-8-17-9-18(14(12)20)7-1-2-13(19)10-3-5-11(16)6-4-10/h3-6,8-9H,1-2,7H2. The van der Waals surface area contributed by atoms with E-state index in [1.165, 1.54) is 41.4 Å². The second-order valence-electron chi connectivity index (χ2n) is 4.27. The quantitative estimate of drug-likeness (QED) is 0.787. The van der Waals surface area contributed by atoms with Crippen LogP contribution in [0, 0.1) is 5.82 Å². The van der Waals surface area contributed by atoms with E-state index in [9.17, 15) is 14.0 Å². The lowest BCUT2D eigenvalue weighted by Crippen LogP contribution is -2.21. The number of benzene rings is 1. The molecule has 0 aliphatic rings. The van der Waals surface area contributed by atoms with E-state index in [0.29, 0.717) is 29.4 Å². The summed E-state index contributed by atoms with van der Waals surface area (Å²) < 4.78 is 14.6. The maximum Gasteiger partial charge on any atom is 0.267 e. The van der Waals surface area contributed by atoms with Gasteiger partial charge in [0.15, 0.2) is 5.78 Å². The molecule has 6 heteroatoms. The molecule has 104 valence electrons. The summed E-state index contributed by atoms with van der Waals surface area (Å²) >= 11 is 3.11. The van der Waals surface area contributed by atoms with Crippen LogP contribution in [0.5, 0.6) is 0 Å². The molecular formula is C14H12BrFN2O2. The molecule has 0 N–H and O–H groups in total. The predicted octanol–water partition coefficient (Wildman–Crippen LogP) is 2.81. The minimum atomic E-state index is -0.367. The number of hydrogen-bond donors (Lipinski definition) is 0.